The van der Waals surface area contributed by atoms with Crippen molar-refractivity contribution in [2.75, 3.05) is 13.7 Å². The SMILES string of the molecule is CCCN1C(=O)/C(=C\c2cc(Cl)ccc2OC)SC1=Nc1ccc(C)cc1. The third-order valence-corrected chi connectivity index (χ3v) is 5.31. The molecule has 1 saturated heterocycles. The number of thioether (sulfide) groups is 1. The lowest BCUT2D eigenvalue weighted by atomic mass is 10.2. The van der Waals surface area contributed by atoms with Crippen LogP contribution in [0.15, 0.2) is 52.4 Å². The number of rotatable bonds is 5. The number of hydrogen-bond donors (Lipinski definition) is 0. The number of ether oxygens (including phenoxy) is 1. The van der Waals surface area contributed by atoms with E-state index in [1.165, 1.54) is 17.3 Å². The number of amidine groups is 1. The van der Waals surface area contributed by atoms with E-state index in [0.717, 1.165) is 17.7 Å². The molecular formula is C21H21ClN2O2S. The molecule has 0 unspecified atom stereocenters. The van der Waals surface area contributed by atoms with Crippen LogP contribution in [0.4, 0.5) is 5.69 Å². The van der Waals surface area contributed by atoms with Gasteiger partial charge in [-0.3, -0.25) is 9.69 Å². The summed E-state index contributed by atoms with van der Waals surface area (Å²) in [5.41, 5.74) is 2.78. The van der Waals surface area contributed by atoms with Crippen LogP contribution in [0.25, 0.3) is 6.08 Å². The smallest absolute Gasteiger partial charge is 0.266 e. The van der Waals surface area contributed by atoms with Gasteiger partial charge in [0.25, 0.3) is 5.91 Å². The van der Waals surface area contributed by atoms with Crippen molar-refractivity contribution in [1.29, 1.82) is 0 Å². The van der Waals surface area contributed by atoms with Gasteiger partial charge < -0.3 is 4.74 Å². The van der Waals surface area contributed by atoms with Crippen molar-refractivity contribution in [3.8, 4) is 5.75 Å². The van der Waals surface area contributed by atoms with Crippen LogP contribution < -0.4 is 4.74 Å². The number of carbonyl (C=O) groups excluding carboxylic acids is 1. The fraction of sp³-hybridized carbons (Fsp3) is 0.238. The first-order valence-corrected chi connectivity index (χ1v) is 9.91. The second kappa shape index (κ2) is 8.63. The van der Waals surface area contributed by atoms with E-state index < -0.39 is 0 Å². The topological polar surface area (TPSA) is 41.9 Å². The summed E-state index contributed by atoms with van der Waals surface area (Å²) in [4.78, 5) is 19.9. The van der Waals surface area contributed by atoms with Gasteiger partial charge in [0.05, 0.1) is 17.7 Å². The average molecular weight is 401 g/mol. The monoisotopic (exact) mass is 400 g/mol. The lowest BCUT2D eigenvalue weighted by Crippen LogP contribution is -2.29. The van der Waals surface area contributed by atoms with E-state index in [0.29, 0.717) is 27.4 Å². The first-order valence-electron chi connectivity index (χ1n) is 8.72. The summed E-state index contributed by atoms with van der Waals surface area (Å²) in [7, 11) is 1.60. The van der Waals surface area contributed by atoms with Crippen LogP contribution in [0.1, 0.15) is 24.5 Å². The maximum atomic E-state index is 12.9. The minimum absolute atomic E-state index is 0.0465. The molecule has 0 spiro atoms. The van der Waals surface area contributed by atoms with Crippen molar-refractivity contribution in [3.63, 3.8) is 0 Å². The number of aryl methyl sites for hydroxylation is 1. The van der Waals surface area contributed by atoms with Crippen LogP contribution in [-0.2, 0) is 4.79 Å². The van der Waals surface area contributed by atoms with Crippen LogP contribution in [0.2, 0.25) is 5.02 Å². The molecule has 140 valence electrons. The van der Waals surface area contributed by atoms with Gasteiger partial charge in [-0.15, -0.1) is 0 Å². The maximum Gasteiger partial charge on any atom is 0.266 e. The van der Waals surface area contributed by atoms with Crippen LogP contribution >= 0.6 is 23.4 Å². The van der Waals surface area contributed by atoms with Crippen molar-refractivity contribution in [1.82, 2.24) is 4.90 Å². The molecule has 0 aromatic heterocycles. The van der Waals surface area contributed by atoms with Gasteiger partial charge in [-0.2, -0.15) is 0 Å². The van der Waals surface area contributed by atoms with Gasteiger partial charge in [0, 0.05) is 17.1 Å². The van der Waals surface area contributed by atoms with Gasteiger partial charge in [-0.05, 0) is 61.5 Å². The minimum Gasteiger partial charge on any atom is -0.496 e. The van der Waals surface area contributed by atoms with Gasteiger partial charge in [0.1, 0.15) is 5.75 Å². The molecule has 0 N–H and O–H groups in total. The van der Waals surface area contributed by atoms with Crippen molar-refractivity contribution in [2.24, 2.45) is 4.99 Å². The number of aliphatic imine (C=N–C) groups is 1. The Kier molecular flexibility index (Phi) is 6.24. The largest absolute Gasteiger partial charge is 0.496 e. The molecule has 6 heteroatoms. The number of halogens is 1. The number of benzene rings is 2. The molecule has 3 rings (SSSR count). The van der Waals surface area contributed by atoms with E-state index in [-0.39, 0.29) is 5.91 Å². The Bertz CT molecular complexity index is 907. The van der Waals surface area contributed by atoms with Gasteiger partial charge >= 0.3 is 0 Å². The molecule has 0 aliphatic carbocycles. The van der Waals surface area contributed by atoms with Crippen LogP contribution in [-0.4, -0.2) is 29.6 Å². The lowest BCUT2D eigenvalue weighted by Gasteiger charge is -2.14. The summed E-state index contributed by atoms with van der Waals surface area (Å²) in [6.07, 6.45) is 2.67. The zero-order valence-electron chi connectivity index (χ0n) is 15.5. The number of nitrogens with zero attached hydrogens (tertiary/aromatic N) is 2. The van der Waals surface area contributed by atoms with E-state index in [1.807, 2.05) is 44.2 Å². The van der Waals surface area contributed by atoms with Gasteiger partial charge in [-0.1, -0.05) is 36.2 Å². The van der Waals surface area contributed by atoms with Crippen LogP contribution in [0, 0.1) is 6.92 Å². The molecular weight excluding hydrogens is 380 g/mol. The second-order valence-corrected chi connectivity index (χ2v) is 7.63. The molecule has 1 aliphatic rings. The highest BCUT2D eigenvalue weighted by molar-refractivity contribution is 8.18. The fourth-order valence-corrected chi connectivity index (χ4v) is 3.90. The summed E-state index contributed by atoms with van der Waals surface area (Å²) in [6.45, 7) is 4.71. The van der Waals surface area contributed by atoms with Crippen molar-refractivity contribution < 1.29 is 9.53 Å². The van der Waals surface area contributed by atoms with Gasteiger partial charge in [-0.25, -0.2) is 4.99 Å². The van der Waals surface area contributed by atoms with E-state index in [4.69, 9.17) is 16.3 Å². The highest BCUT2D eigenvalue weighted by Crippen LogP contribution is 2.36. The van der Waals surface area contributed by atoms with E-state index in [1.54, 1.807) is 30.2 Å². The summed E-state index contributed by atoms with van der Waals surface area (Å²) >= 11 is 7.49. The van der Waals surface area contributed by atoms with Crippen molar-refractivity contribution >= 4 is 46.2 Å². The number of carbonyl (C=O) groups is 1. The maximum absolute atomic E-state index is 12.9. The van der Waals surface area contributed by atoms with E-state index in [9.17, 15) is 4.79 Å². The normalized spacial score (nSPS) is 17.2. The highest BCUT2D eigenvalue weighted by atomic mass is 35.5. The van der Waals surface area contributed by atoms with Crippen molar-refractivity contribution in [3.05, 3.63) is 63.5 Å². The third-order valence-electron chi connectivity index (χ3n) is 4.07. The third kappa shape index (κ3) is 4.54. The Labute approximate surface area is 168 Å². The molecule has 27 heavy (non-hydrogen) atoms. The quantitative estimate of drug-likeness (QED) is 0.607. The fourth-order valence-electron chi connectivity index (χ4n) is 2.70. The molecule has 1 fully saturated rings. The number of hydrogen-bond acceptors (Lipinski definition) is 4. The standard InChI is InChI=1S/C21H21ClN2O2S/c1-4-11-24-20(25)19(13-15-12-16(22)7-10-18(15)26-3)27-21(24)23-17-8-5-14(2)6-9-17/h5-10,12-13H,4,11H2,1-3H3/b19-13+,23-21?. The van der Waals surface area contributed by atoms with Crippen LogP contribution in [0.3, 0.4) is 0 Å². The molecule has 1 aliphatic heterocycles. The second-order valence-electron chi connectivity index (χ2n) is 6.18. The Morgan fingerprint density at radius 3 is 2.63 bits per heavy atom. The molecule has 4 nitrogen and oxygen atoms in total. The van der Waals surface area contributed by atoms with Crippen LogP contribution in [0.5, 0.6) is 5.75 Å². The van der Waals surface area contributed by atoms with Gasteiger partial charge in [0.2, 0.25) is 0 Å². The highest BCUT2D eigenvalue weighted by Gasteiger charge is 2.33. The average Bonchev–Trinajstić information content (AvgIpc) is 2.93. The first kappa shape index (κ1) is 19.5. The number of methoxy groups -OCH3 is 1. The Morgan fingerprint density at radius 2 is 1.96 bits per heavy atom. The summed E-state index contributed by atoms with van der Waals surface area (Å²) < 4.78 is 5.39. The minimum atomic E-state index is -0.0465. The zero-order chi connectivity index (χ0) is 19.4. The molecule has 0 atom stereocenters. The summed E-state index contributed by atoms with van der Waals surface area (Å²) in [5, 5.41) is 1.29. The molecule has 0 saturated carbocycles. The molecule has 2 aromatic rings. The molecule has 0 radical (unpaired) electrons. The lowest BCUT2D eigenvalue weighted by molar-refractivity contribution is -0.122. The number of amides is 1. The Hall–Kier alpha value is -2.24. The molecule has 0 bridgehead atoms. The predicted molar refractivity (Wildman–Crippen MR) is 114 cm³/mol. The van der Waals surface area contributed by atoms with E-state index >= 15 is 0 Å². The molecule has 1 heterocycles. The van der Waals surface area contributed by atoms with E-state index in [2.05, 4.69) is 4.99 Å². The summed E-state index contributed by atoms with van der Waals surface area (Å²) in [6, 6.07) is 13.3. The van der Waals surface area contributed by atoms with Crippen molar-refractivity contribution in [2.45, 2.75) is 20.3 Å². The zero-order valence-corrected chi connectivity index (χ0v) is 17.1. The predicted octanol–water partition coefficient (Wildman–Crippen LogP) is 5.67. The Morgan fingerprint density at radius 1 is 1.22 bits per heavy atom. The van der Waals surface area contributed by atoms with Gasteiger partial charge in [0.15, 0.2) is 5.17 Å². The molecule has 2 aromatic carbocycles. The Balaban J connectivity index is 1.98. The molecule has 1 amide bonds. The summed E-state index contributed by atoms with van der Waals surface area (Å²) in [5.74, 6) is 0.626. The first-order chi connectivity index (χ1) is 13.0.